The van der Waals surface area contributed by atoms with Crippen molar-refractivity contribution in [2.45, 2.75) is 25.6 Å². The maximum Gasteiger partial charge on any atom is 0.251 e. The van der Waals surface area contributed by atoms with Crippen molar-refractivity contribution in [3.63, 3.8) is 0 Å². The zero-order chi connectivity index (χ0) is 26.5. The first-order valence-electron chi connectivity index (χ1n) is 12.9. The summed E-state index contributed by atoms with van der Waals surface area (Å²) in [4.78, 5) is 26.3. The van der Waals surface area contributed by atoms with Crippen LogP contribution in [-0.4, -0.2) is 76.8 Å². The second-order valence-corrected chi connectivity index (χ2v) is 10.6. The highest BCUT2D eigenvalue weighted by atomic mass is 32.1. The molecule has 0 saturated carbocycles. The number of aromatic nitrogens is 2. The number of ether oxygens (including phenoxy) is 1. The lowest BCUT2D eigenvalue weighted by Gasteiger charge is -2.35. The zero-order valence-corrected chi connectivity index (χ0v) is 22.5. The summed E-state index contributed by atoms with van der Waals surface area (Å²) in [7, 11) is 1.71. The first-order chi connectivity index (χ1) is 18.5. The molecule has 8 nitrogen and oxygen atoms in total. The Bertz CT molecular complexity index is 1350. The van der Waals surface area contributed by atoms with E-state index in [1.165, 1.54) is 12.5 Å². The molecule has 38 heavy (non-hydrogen) atoms. The third kappa shape index (κ3) is 6.02. The number of carbonyl (C=O) groups excluding carboxylic acids is 1. The molecule has 3 heterocycles. The second-order valence-electron chi connectivity index (χ2n) is 9.58. The Morgan fingerprint density at radius 1 is 1.08 bits per heavy atom. The molecule has 0 bridgehead atoms. The van der Waals surface area contributed by atoms with Gasteiger partial charge in [-0.3, -0.25) is 9.69 Å². The van der Waals surface area contributed by atoms with Crippen molar-refractivity contribution in [1.29, 1.82) is 0 Å². The molecule has 0 spiro atoms. The predicted molar refractivity (Wildman–Crippen MR) is 151 cm³/mol. The molecular weight excluding hydrogens is 498 g/mol. The van der Waals surface area contributed by atoms with Crippen LogP contribution in [0.1, 0.15) is 24.1 Å². The smallest absolute Gasteiger partial charge is 0.251 e. The molecule has 0 radical (unpaired) electrons. The molecule has 5 rings (SSSR count). The van der Waals surface area contributed by atoms with Gasteiger partial charge in [0.25, 0.3) is 5.91 Å². The number of piperazine rings is 1. The number of anilines is 1. The number of benzene rings is 2. The van der Waals surface area contributed by atoms with Crippen LogP contribution in [0.2, 0.25) is 0 Å². The molecule has 1 fully saturated rings. The Balaban J connectivity index is 1.27. The zero-order valence-electron chi connectivity index (χ0n) is 21.7. The van der Waals surface area contributed by atoms with Gasteiger partial charge in [-0.25, -0.2) is 9.97 Å². The summed E-state index contributed by atoms with van der Waals surface area (Å²) in [5.74, 6) is 0.622. The van der Waals surface area contributed by atoms with E-state index in [1.54, 1.807) is 29.7 Å². The SMILES string of the molecule is COC[C@@H](Nc1ncnc2cc(-c3ccc(CN4CCN(C(=O)[C@H](C)O)CC4)cc3)sc12)c1ccccc1. The first kappa shape index (κ1) is 26.2. The molecule has 1 amide bonds. The highest BCUT2D eigenvalue weighted by Gasteiger charge is 2.23. The van der Waals surface area contributed by atoms with Gasteiger partial charge in [0.1, 0.15) is 18.2 Å². The van der Waals surface area contributed by atoms with Crippen LogP contribution in [0, 0.1) is 0 Å². The summed E-state index contributed by atoms with van der Waals surface area (Å²) in [6.07, 6.45) is 0.671. The molecule has 1 saturated heterocycles. The van der Waals surface area contributed by atoms with Gasteiger partial charge in [-0.2, -0.15) is 0 Å². The van der Waals surface area contributed by atoms with Crippen molar-refractivity contribution >= 4 is 33.3 Å². The lowest BCUT2D eigenvalue weighted by atomic mass is 10.1. The van der Waals surface area contributed by atoms with Crippen LogP contribution in [0.15, 0.2) is 67.0 Å². The number of nitrogens with zero attached hydrogens (tertiary/aromatic N) is 4. The largest absolute Gasteiger partial charge is 0.384 e. The Hall–Kier alpha value is -3.37. The third-order valence-corrected chi connectivity index (χ3v) is 8.02. The van der Waals surface area contributed by atoms with Gasteiger partial charge in [0.2, 0.25) is 0 Å². The third-order valence-electron chi connectivity index (χ3n) is 6.84. The molecule has 4 aromatic rings. The van der Waals surface area contributed by atoms with Crippen molar-refractivity contribution in [2.24, 2.45) is 0 Å². The van der Waals surface area contributed by atoms with E-state index in [0.717, 1.165) is 51.7 Å². The van der Waals surface area contributed by atoms with Gasteiger partial charge in [-0.15, -0.1) is 11.3 Å². The molecule has 2 N–H and O–H groups in total. The number of aliphatic hydroxyl groups is 1. The predicted octanol–water partition coefficient (Wildman–Crippen LogP) is 4.18. The molecule has 0 aliphatic carbocycles. The van der Waals surface area contributed by atoms with Crippen LogP contribution in [0.25, 0.3) is 20.7 Å². The van der Waals surface area contributed by atoms with Gasteiger partial charge in [0.15, 0.2) is 0 Å². The Morgan fingerprint density at radius 3 is 2.50 bits per heavy atom. The van der Waals surface area contributed by atoms with Gasteiger partial charge >= 0.3 is 0 Å². The summed E-state index contributed by atoms with van der Waals surface area (Å²) in [5.41, 5.74) is 4.44. The van der Waals surface area contributed by atoms with E-state index in [-0.39, 0.29) is 11.9 Å². The number of rotatable bonds is 9. The van der Waals surface area contributed by atoms with E-state index in [1.807, 2.05) is 18.2 Å². The maximum atomic E-state index is 12.0. The summed E-state index contributed by atoms with van der Waals surface area (Å²) in [5, 5.41) is 13.1. The highest BCUT2D eigenvalue weighted by Crippen LogP contribution is 2.36. The normalized spacial score (nSPS) is 15.9. The fourth-order valence-corrected chi connectivity index (χ4v) is 5.83. The number of amides is 1. The molecule has 0 unspecified atom stereocenters. The molecule has 2 aromatic heterocycles. The lowest BCUT2D eigenvalue weighted by molar-refractivity contribution is -0.141. The quantitative estimate of drug-likeness (QED) is 0.335. The monoisotopic (exact) mass is 531 g/mol. The molecule has 1 aliphatic rings. The molecule has 2 aromatic carbocycles. The first-order valence-corrected chi connectivity index (χ1v) is 13.7. The van der Waals surface area contributed by atoms with Crippen LogP contribution >= 0.6 is 11.3 Å². The number of thiophene rings is 1. The van der Waals surface area contributed by atoms with Crippen LogP contribution in [-0.2, 0) is 16.1 Å². The molecule has 9 heteroatoms. The van der Waals surface area contributed by atoms with Gasteiger partial charge in [-0.05, 0) is 29.7 Å². The molecule has 1 aliphatic heterocycles. The number of fused-ring (bicyclic) bond motifs is 1. The fourth-order valence-electron chi connectivity index (χ4n) is 4.76. The Morgan fingerprint density at radius 2 is 1.82 bits per heavy atom. The molecule has 2 atom stereocenters. The minimum Gasteiger partial charge on any atom is -0.384 e. The number of hydrogen-bond acceptors (Lipinski definition) is 8. The van der Waals surface area contributed by atoms with Crippen molar-refractivity contribution < 1.29 is 14.6 Å². The van der Waals surface area contributed by atoms with Crippen LogP contribution < -0.4 is 5.32 Å². The van der Waals surface area contributed by atoms with Crippen LogP contribution in [0.3, 0.4) is 0 Å². The number of aliphatic hydroxyl groups excluding tert-OH is 1. The number of nitrogens with one attached hydrogen (secondary N) is 1. The number of hydrogen-bond donors (Lipinski definition) is 2. The Kier molecular flexibility index (Phi) is 8.29. The molecular formula is C29H33N5O3S. The van der Waals surface area contributed by atoms with Crippen molar-refractivity contribution in [3.8, 4) is 10.4 Å². The van der Waals surface area contributed by atoms with Gasteiger partial charge in [0, 0.05) is 44.7 Å². The van der Waals surface area contributed by atoms with E-state index >= 15 is 0 Å². The van der Waals surface area contributed by atoms with Crippen LogP contribution in [0.5, 0.6) is 0 Å². The molecule has 198 valence electrons. The summed E-state index contributed by atoms with van der Waals surface area (Å²) < 4.78 is 6.50. The van der Waals surface area contributed by atoms with Gasteiger partial charge < -0.3 is 20.1 Å². The standard InChI is InChI=1S/C29H33N5O3S/c1-20(35)29(36)34-14-12-33(13-15-34)17-21-8-10-23(11-9-21)26-16-24-27(38-26)28(31-19-30-24)32-25(18-37-2)22-6-4-3-5-7-22/h3-11,16,19-20,25,35H,12-15,17-18H2,1-2H3,(H,30,31,32)/t20-,25+/m0/s1. The average Bonchev–Trinajstić information content (AvgIpc) is 3.39. The van der Waals surface area contributed by atoms with Crippen LogP contribution in [0.4, 0.5) is 5.82 Å². The van der Waals surface area contributed by atoms with Gasteiger partial charge in [-0.1, -0.05) is 54.6 Å². The van der Waals surface area contributed by atoms with E-state index in [9.17, 15) is 9.90 Å². The van der Waals surface area contributed by atoms with Crippen molar-refractivity contribution in [2.75, 3.05) is 45.2 Å². The summed E-state index contributed by atoms with van der Waals surface area (Å²) in [6.45, 7) is 5.80. The number of carbonyl (C=O) groups is 1. The highest BCUT2D eigenvalue weighted by molar-refractivity contribution is 7.22. The van der Waals surface area contributed by atoms with Crippen molar-refractivity contribution in [3.05, 3.63) is 78.1 Å². The fraction of sp³-hybridized carbons (Fsp3) is 0.345. The van der Waals surface area contributed by atoms with E-state index in [0.29, 0.717) is 19.7 Å². The minimum absolute atomic E-state index is 0.0174. The summed E-state index contributed by atoms with van der Waals surface area (Å²) >= 11 is 1.68. The summed E-state index contributed by atoms with van der Waals surface area (Å²) in [6, 6.07) is 21.0. The van der Waals surface area contributed by atoms with Gasteiger partial charge in [0.05, 0.1) is 22.9 Å². The van der Waals surface area contributed by atoms with E-state index in [2.05, 4.69) is 62.6 Å². The average molecular weight is 532 g/mol. The Labute approximate surface area is 226 Å². The van der Waals surface area contributed by atoms with E-state index < -0.39 is 6.10 Å². The minimum atomic E-state index is -0.934. The topological polar surface area (TPSA) is 90.8 Å². The lowest BCUT2D eigenvalue weighted by Crippen LogP contribution is -2.50. The maximum absolute atomic E-state index is 12.0. The number of methoxy groups -OCH3 is 1. The van der Waals surface area contributed by atoms with E-state index in [4.69, 9.17) is 4.74 Å². The van der Waals surface area contributed by atoms with Crippen molar-refractivity contribution in [1.82, 2.24) is 19.8 Å². The second kappa shape index (κ2) is 12.0.